The summed E-state index contributed by atoms with van der Waals surface area (Å²) in [4.78, 5) is 3.47. The highest BCUT2D eigenvalue weighted by Gasteiger charge is 2.19. The lowest BCUT2D eigenvalue weighted by Crippen LogP contribution is -2.25. The number of H-pyrrole nitrogens is 1. The number of benzene rings is 1. The zero-order valence-corrected chi connectivity index (χ0v) is 14.0. The van der Waals surface area contributed by atoms with Gasteiger partial charge in [0, 0.05) is 24.8 Å². The van der Waals surface area contributed by atoms with Gasteiger partial charge in [0.05, 0.1) is 16.8 Å². The number of hydrogen-bond donors (Lipinski definition) is 2. The highest BCUT2D eigenvalue weighted by atomic mass is 32.1. The molecule has 23 heavy (non-hydrogen) atoms. The van der Waals surface area contributed by atoms with Crippen LogP contribution >= 0.6 is 11.3 Å². The summed E-state index contributed by atoms with van der Waals surface area (Å²) in [5.41, 5.74) is 3.49. The molecular weight excluding hydrogens is 306 g/mol. The Balaban J connectivity index is 1.80. The van der Waals surface area contributed by atoms with Gasteiger partial charge in [0.1, 0.15) is 0 Å². The van der Waals surface area contributed by atoms with Gasteiger partial charge in [0.15, 0.2) is 0 Å². The first kappa shape index (κ1) is 15.9. The van der Waals surface area contributed by atoms with E-state index in [0.29, 0.717) is 6.42 Å². The average molecular weight is 327 g/mol. The normalized spacial score (nSPS) is 12.7. The average Bonchev–Trinajstić information content (AvgIpc) is 3.24. The minimum absolute atomic E-state index is 0.174. The molecule has 0 aliphatic rings. The molecule has 1 unspecified atom stereocenters. The molecule has 0 saturated heterocycles. The van der Waals surface area contributed by atoms with Gasteiger partial charge in [0.2, 0.25) is 0 Å². The number of aromatic amines is 1. The van der Waals surface area contributed by atoms with Gasteiger partial charge in [-0.2, -0.15) is 5.10 Å². The van der Waals surface area contributed by atoms with E-state index in [1.165, 1.54) is 16.0 Å². The zero-order valence-electron chi connectivity index (χ0n) is 13.1. The third kappa shape index (κ3) is 3.69. The maximum absolute atomic E-state index is 9.43. The molecule has 0 saturated carbocycles. The molecule has 2 heterocycles. The fourth-order valence-corrected chi connectivity index (χ4v) is 3.64. The van der Waals surface area contributed by atoms with Crippen molar-refractivity contribution in [2.75, 3.05) is 13.7 Å². The Morgan fingerprint density at radius 3 is 2.74 bits per heavy atom. The van der Waals surface area contributed by atoms with Crippen molar-refractivity contribution in [2.24, 2.45) is 0 Å². The summed E-state index contributed by atoms with van der Waals surface area (Å²) < 4.78 is 0. The third-order valence-corrected chi connectivity index (χ3v) is 4.91. The molecule has 3 rings (SSSR count). The molecule has 0 aliphatic carbocycles. The van der Waals surface area contributed by atoms with Crippen molar-refractivity contribution in [3.8, 4) is 10.6 Å². The molecule has 2 aromatic heterocycles. The Kier molecular flexibility index (Phi) is 5.23. The molecule has 0 radical (unpaired) electrons. The Morgan fingerprint density at radius 1 is 1.22 bits per heavy atom. The molecule has 0 bridgehead atoms. The molecule has 0 amide bonds. The number of thiophene rings is 1. The van der Waals surface area contributed by atoms with Crippen molar-refractivity contribution in [1.82, 2.24) is 15.1 Å². The molecule has 120 valence electrons. The van der Waals surface area contributed by atoms with Crippen LogP contribution in [0.5, 0.6) is 0 Å². The Hall–Kier alpha value is -1.95. The first-order valence-electron chi connectivity index (χ1n) is 7.71. The van der Waals surface area contributed by atoms with Crippen LogP contribution in [-0.4, -0.2) is 33.9 Å². The van der Waals surface area contributed by atoms with Crippen molar-refractivity contribution in [3.05, 3.63) is 65.2 Å². The van der Waals surface area contributed by atoms with E-state index in [4.69, 9.17) is 0 Å². The lowest BCUT2D eigenvalue weighted by molar-refractivity contribution is 0.180. The lowest BCUT2D eigenvalue weighted by atomic mass is 10.0. The van der Waals surface area contributed by atoms with Crippen molar-refractivity contribution >= 4 is 11.3 Å². The van der Waals surface area contributed by atoms with E-state index in [-0.39, 0.29) is 12.6 Å². The molecule has 0 aliphatic heterocycles. The molecule has 3 aromatic rings. The standard InChI is InChI=1S/C18H21N3OS/c1-21(16(9-10-22)14-6-3-2-4-7-14)13-15-12-19-20-18(15)17-8-5-11-23-17/h2-8,11-12,16,22H,9-10,13H2,1H3,(H,19,20). The van der Waals surface area contributed by atoms with Gasteiger partial charge in [0.25, 0.3) is 0 Å². The van der Waals surface area contributed by atoms with Gasteiger partial charge in [-0.25, -0.2) is 0 Å². The highest BCUT2D eigenvalue weighted by molar-refractivity contribution is 7.13. The SMILES string of the molecule is CN(Cc1cn[nH]c1-c1cccs1)C(CCO)c1ccccc1. The van der Waals surface area contributed by atoms with Crippen molar-refractivity contribution in [2.45, 2.75) is 19.0 Å². The maximum atomic E-state index is 9.43. The van der Waals surface area contributed by atoms with E-state index in [9.17, 15) is 5.11 Å². The monoisotopic (exact) mass is 327 g/mol. The number of aliphatic hydroxyl groups is 1. The molecular formula is C18H21N3OS. The van der Waals surface area contributed by atoms with E-state index in [1.807, 2.05) is 30.5 Å². The van der Waals surface area contributed by atoms with E-state index >= 15 is 0 Å². The van der Waals surface area contributed by atoms with E-state index in [0.717, 1.165) is 12.2 Å². The van der Waals surface area contributed by atoms with Crippen LogP contribution in [0.15, 0.2) is 54.0 Å². The molecule has 4 nitrogen and oxygen atoms in total. The third-order valence-electron chi connectivity index (χ3n) is 4.02. The van der Waals surface area contributed by atoms with Crippen LogP contribution in [0.4, 0.5) is 0 Å². The minimum atomic E-state index is 0.174. The quantitative estimate of drug-likeness (QED) is 0.696. The summed E-state index contributed by atoms with van der Waals surface area (Å²) in [5.74, 6) is 0. The van der Waals surface area contributed by atoms with Gasteiger partial charge >= 0.3 is 0 Å². The van der Waals surface area contributed by atoms with E-state index in [2.05, 4.69) is 45.7 Å². The molecule has 1 aromatic carbocycles. The molecule has 5 heteroatoms. The molecule has 1 atom stereocenters. The molecule has 2 N–H and O–H groups in total. The van der Waals surface area contributed by atoms with Gasteiger partial charge in [-0.1, -0.05) is 36.4 Å². The highest BCUT2D eigenvalue weighted by Crippen LogP contribution is 2.29. The number of aromatic nitrogens is 2. The summed E-state index contributed by atoms with van der Waals surface area (Å²) in [6, 6.07) is 14.7. The van der Waals surface area contributed by atoms with Gasteiger partial charge < -0.3 is 5.11 Å². The van der Waals surface area contributed by atoms with Gasteiger partial charge in [-0.3, -0.25) is 10.00 Å². The van der Waals surface area contributed by atoms with Crippen LogP contribution in [0.25, 0.3) is 10.6 Å². The summed E-state index contributed by atoms with van der Waals surface area (Å²) in [5, 5.41) is 18.8. The second-order valence-electron chi connectivity index (χ2n) is 5.60. The predicted octanol–water partition coefficient (Wildman–Crippen LogP) is 3.69. The Morgan fingerprint density at radius 2 is 2.04 bits per heavy atom. The minimum Gasteiger partial charge on any atom is -0.396 e. The molecule has 0 fully saturated rings. The van der Waals surface area contributed by atoms with Crippen LogP contribution in [0, 0.1) is 0 Å². The zero-order chi connectivity index (χ0) is 16.1. The first-order valence-corrected chi connectivity index (χ1v) is 8.59. The fourth-order valence-electron chi connectivity index (χ4n) is 2.88. The maximum Gasteiger partial charge on any atom is 0.0794 e. The topological polar surface area (TPSA) is 52.2 Å². The number of nitrogens with zero attached hydrogens (tertiary/aromatic N) is 2. The molecule has 0 spiro atoms. The van der Waals surface area contributed by atoms with Crippen molar-refractivity contribution in [3.63, 3.8) is 0 Å². The summed E-state index contributed by atoms with van der Waals surface area (Å²) in [7, 11) is 2.10. The second-order valence-corrected chi connectivity index (χ2v) is 6.55. The Labute approximate surface area is 140 Å². The van der Waals surface area contributed by atoms with Crippen molar-refractivity contribution < 1.29 is 5.11 Å². The number of rotatable bonds is 7. The fraction of sp³-hybridized carbons (Fsp3) is 0.278. The van der Waals surface area contributed by atoms with Crippen LogP contribution in [0.3, 0.4) is 0 Å². The van der Waals surface area contributed by atoms with E-state index in [1.54, 1.807) is 11.3 Å². The second kappa shape index (κ2) is 7.55. The van der Waals surface area contributed by atoms with Crippen LogP contribution < -0.4 is 0 Å². The summed E-state index contributed by atoms with van der Waals surface area (Å²) in [6.45, 7) is 0.955. The lowest BCUT2D eigenvalue weighted by Gasteiger charge is -2.28. The van der Waals surface area contributed by atoms with Crippen LogP contribution in [0.1, 0.15) is 23.6 Å². The van der Waals surface area contributed by atoms with Crippen LogP contribution in [0.2, 0.25) is 0 Å². The first-order chi connectivity index (χ1) is 11.3. The summed E-state index contributed by atoms with van der Waals surface area (Å²) in [6.07, 6.45) is 2.61. The predicted molar refractivity (Wildman–Crippen MR) is 94.3 cm³/mol. The van der Waals surface area contributed by atoms with Gasteiger partial charge in [-0.05, 0) is 30.5 Å². The number of hydrogen-bond acceptors (Lipinski definition) is 4. The van der Waals surface area contributed by atoms with Gasteiger partial charge in [-0.15, -0.1) is 11.3 Å². The largest absolute Gasteiger partial charge is 0.396 e. The number of nitrogens with one attached hydrogen (secondary N) is 1. The van der Waals surface area contributed by atoms with Crippen LogP contribution in [-0.2, 0) is 6.54 Å². The number of aliphatic hydroxyl groups excluding tert-OH is 1. The van der Waals surface area contributed by atoms with Crippen molar-refractivity contribution in [1.29, 1.82) is 0 Å². The smallest absolute Gasteiger partial charge is 0.0794 e. The Bertz CT molecular complexity index is 709. The summed E-state index contributed by atoms with van der Waals surface area (Å²) >= 11 is 1.71. The van der Waals surface area contributed by atoms with E-state index < -0.39 is 0 Å².